The van der Waals surface area contributed by atoms with Crippen LogP contribution in [0.4, 0.5) is 4.79 Å². The third-order valence-electron chi connectivity index (χ3n) is 2.91. The lowest BCUT2D eigenvalue weighted by Crippen LogP contribution is -2.06. The molecule has 0 aliphatic rings. The molecule has 21 heavy (non-hydrogen) atoms. The van der Waals surface area contributed by atoms with Gasteiger partial charge in [-0.3, -0.25) is 0 Å². The number of aromatic hydroxyl groups is 1. The number of hydrogen-bond donors (Lipinski definition) is 2. The smallest absolute Gasteiger partial charge is 0.504 e. The van der Waals surface area contributed by atoms with Crippen molar-refractivity contribution >= 4 is 6.16 Å². The molecule has 6 nitrogen and oxygen atoms in total. The number of ether oxygens (including phenoxy) is 1. The van der Waals surface area contributed by atoms with Gasteiger partial charge < -0.3 is 19.8 Å². The van der Waals surface area contributed by atoms with E-state index in [-0.39, 0.29) is 11.5 Å². The Kier molecular flexibility index (Phi) is 7.39. The topological polar surface area (TPSA) is 85.2 Å². The van der Waals surface area contributed by atoms with Crippen molar-refractivity contribution in [1.82, 2.24) is 0 Å². The summed E-state index contributed by atoms with van der Waals surface area (Å²) >= 11 is 0. The van der Waals surface area contributed by atoms with Gasteiger partial charge in [-0.2, -0.15) is 4.89 Å². The molecule has 0 heterocycles. The average molecular weight is 298 g/mol. The Balaban J connectivity index is 2.89. The van der Waals surface area contributed by atoms with Crippen LogP contribution in [0.25, 0.3) is 0 Å². The van der Waals surface area contributed by atoms with Gasteiger partial charge in [0.05, 0.1) is 6.61 Å². The van der Waals surface area contributed by atoms with E-state index in [1.54, 1.807) is 0 Å². The molecule has 0 spiro atoms. The Morgan fingerprint density at radius 1 is 1.14 bits per heavy atom. The monoisotopic (exact) mass is 298 g/mol. The summed E-state index contributed by atoms with van der Waals surface area (Å²) < 4.78 is 4.53. The van der Waals surface area contributed by atoms with Gasteiger partial charge in [-0.05, 0) is 31.4 Å². The fourth-order valence-corrected chi connectivity index (χ4v) is 1.75. The Labute approximate surface area is 124 Å². The first-order valence-corrected chi connectivity index (χ1v) is 7.15. The van der Waals surface area contributed by atoms with Crippen molar-refractivity contribution in [1.29, 1.82) is 0 Å². The van der Waals surface area contributed by atoms with Gasteiger partial charge in [0.15, 0.2) is 17.2 Å². The summed E-state index contributed by atoms with van der Waals surface area (Å²) in [5.41, 5.74) is 0.493. The fraction of sp³-hybridized carbons (Fsp3) is 0.533. The van der Waals surface area contributed by atoms with Crippen LogP contribution < -0.4 is 9.62 Å². The van der Waals surface area contributed by atoms with Crippen LogP contribution in [0.2, 0.25) is 0 Å². The second kappa shape index (κ2) is 9.07. The molecule has 0 saturated carbocycles. The molecule has 1 aromatic carbocycles. The van der Waals surface area contributed by atoms with Crippen LogP contribution in [0.15, 0.2) is 12.1 Å². The Bertz CT molecular complexity index is 458. The summed E-state index contributed by atoms with van der Waals surface area (Å²) in [6.45, 7) is 4.52. The van der Waals surface area contributed by atoms with Gasteiger partial charge in [-0.25, -0.2) is 4.79 Å². The van der Waals surface area contributed by atoms with E-state index in [4.69, 9.17) is 14.9 Å². The number of carboxylic acid groups (broad SMARTS) is 1. The van der Waals surface area contributed by atoms with Gasteiger partial charge in [0, 0.05) is 5.56 Å². The second-order valence-electron chi connectivity index (χ2n) is 4.62. The first kappa shape index (κ1) is 17.1. The molecule has 0 amide bonds. The third kappa shape index (κ3) is 5.51. The average Bonchev–Trinajstić information content (AvgIpc) is 2.45. The minimum Gasteiger partial charge on any atom is -0.504 e. The molecule has 0 radical (unpaired) electrons. The Hall–Kier alpha value is -1.95. The maximum atomic E-state index is 10.6. The molecule has 0 aromatic heterocycles. The molecule has 6 heteroatoms. The van der Waals surface area contributed by atoms with E-state index in [0.717, 1.165) is 25.7 Å². The Morgan fingerprint density at radius 2 is 1.81 bits per heavy atom. The summed E-state index contributed by atoms with van der Waals surface area (Å²) in [7, 11) is 0. The molecular formula is C15H22O6. The van der Waals surface area contributed by atoms with Gasteiger partial charge in [0.25, 0.3) is 0 Å². The van der Waals surface area contributed by atoms with Crippen LogP contribution in [0.1, 0.15) is 45.1 Å². The highest BCUT2D eigenvalue weighted by Crippen LogP contribution is 2.37. The first-order valence-electron chi connectivity index (χ1n) is 7.15. The molecule has 0 fully saturated rings. The van der Waals surface area contributed by atoms with Crippen LogP contribution in [-0.2, 0) is 11.3 Å². The van der Waals surface area contributed by atoms with Gasteiger partial charge >= 0.3 is 6.16 Å². The maximum absolute atomic E-state index is 10.6. The van der Waals surface area contributed by atoms with Crippen molar-refractivity contribution < 1.29 is 29.5 Å². The molecule has 1 aromatic rings. The van der Waals surface area contributed by atoms with Crippen molar-refractivity contribution in [2.24, 2.45) is 0 Å². The number of unbranched alkanes of at least 4 members (excludes halogenated alkanes) is 2. The standard InChI is InChI=1S/C15H22O6/c1-3-5-7-11-12(21-19-10-6-4-2)8-9-13(14(11)16)20-15(17)18/h8-9,16H,3-7,10H2,1-2H3,(H,17,18). The number of carbonyl (C=O) groups is 1. The minimum absolute atomic E-state index is 0.102. The molecule has 118 valence electrons. The highest BCUT2D eigenvalue weighted by atomic mass is 17.2. The molecule has 1 rings (SSSR count). The van der Waals surface area contributed by atoms with Crippen LogP contribution in [0.5, 0.6) is 17.2 Å². The number of phenolic OH excluding ortho intramolecular Hbond substituents is 1. The summed E-state index contributed by atoms with van der Waals surface area (Å²) in [4.78, 5) is 20.9. The largest absolute Gasteiger partial charge is 0.511 e. The summed E-state index contributed by atoms with van der Waals surface area (Å²) in [5, 5.41) is 18.8. The predicted molar refractivity (Wildman–Crippen MR) is 76.9 cm³/mol. The third-order valence-corrected chi connectivity index (χ3v) is 2.91. The van der Waals surface area contributed by atoms with Gasteiger partial charge in [-0.1, -0.05) is 26.7 Å². The van der Waals surface area contributed by atoms with Crippen molar-refractivity contribution in [3.05, 3.63) is 17.7 Å². The van der Waals surface area contributed by atoms with Crippen molar-refractivity contribution in [3.63, 3.8) is 0 Å². The number of hydrogen-bond acceptors (Lipinski definition) is 5. The molecule has 0 atom stereocenters. The second-order valence-corrected chi connectivity index (χ2v) is 4.62. The highest BCUT2D eigenvalue weighted by molar-refractivity contribution is 5.64. The molecular weight excluding hydrogens is 276 g/mol. The number of benzene rings is 1. The van der Waals surface area contributed by atoms with Crippen LogP contribution in [0, 0.1) is 0 Å². The van der Waals surface area contributed by atoms with Crippen LogP contribution in [0.3, 0.4) is 0 Å². The Morgan fingerprint density at radius 3 is 2.43 bits per heavy atom. The van der Waals surface area contributed by atoms with E-state index < -0.39 is 6.16 Å². The van der Waals surface area contributed by atoms with Crippen LogP contribution in [-0.4, -0.2) is 23.0 Å². The van der Waals surface area contributed by atoms with Gasteiger partial charge in [0.1, 0.15) is 0 Å². The van der Waals surface area contributed by atoms with Crippen molar-refractivity contribution in [2.75, 3.05) is 6.61 Å². The maximum Gasteiger partial charge on any atom is 0.511 e. The summed E-state index contributed by atoms with van der Waals surface area (Å²) in [6, 6.07) is 2.88. The molecule has 0 saturated heterocycles. The molecule has 0 aliphatic carbocycles. The normalized spacial score (nSPS) is 10.4. The van der Waals surface area contributed by atoms with E-state index in [1.165, 1.54) is 12.1 Å². The lowest BCUT2D eigenvalue weighted by atomic mass is 10.1. The number of phenols is 1. The zero-order valence-electron chi connectivity index (χ0n) is 12.4. The van der Waals surface area contributed by atoms with Gasteiger partial charge in [-0.15, -0.1) is 0 Å². The fourth-order valence-electron chi connectivity index (χ4n) is 1.75. The molecule has 0 aliphatic heterocycles. The lowest BCUT2D eigenvalue weighted by Gasteiger charge is -2.13. The molecule has 0 unspecified atom stereocenters. The zero-order valence-corrected chi connectivity index (χ0v) is 12.4. The van der Waals surface area contributed by atoms with Crippen molar-refractivity contribution in [2.45, 2.75) is 46.0 Å². The zero-order chi connectivity index (χ0) is 15.7. The van der Waals surface area contributed by atoms with E-state index in [2.05, 4.69) is 4.74 Å². The minimum atomic E-state index is -1.47. The van der Waals surface area contributed by atoms with Crippen molar-refractivity contribution in [3.8, 4) is 17.2 Å². The van der Waals surface area contributed by atoms with E-state index in [9.17, 15) is 9.90 Å². The van der Waals surface area contributed by atoms with Crippen LogP contribution >= 0.6 is 0 Å². The first-order chi connectivity index (χ1) is 10.1. The number of rotatable bonds is 9. The van der Waals surface area contributed by atoms with E-state index >= 15 is 0 Å². The lowest BCUT2D eigenvalue weighted by molar-refractivity contribution is -0.207. The van der Waals surface area contributed by atoms with Gasteiger partial charge in [0.2, 0.25) is 0 Å². The summed E-state index contributed by atoms with van der Waals surface area (Å²) in [6.07, 6.45) is 2.69. The summed E-state index contributed by atoms with van der Waals surface area (Å²) in [5.74, 6) is 0.0618. The van der Waals surface area contributed by atoms with E-state index in [1.807, 2.05) is 13.8 Å². The quantitative estimate of drug-likeness (QED) is 0.236. The SMILES string of the molecule is CCCCOOc1ccc(OC(=O)O)c(O)c1CCCC. The predicted octanol–water partition coefficient (Wildman–Crippen LogP) is 3.90. The van der Waals surface area contributed by atoms with E-state index in [0.29, 0.717) is 24.3 Å². The molecule has 0 bridgehead atoms. The highest BCUT2D eigenvalue weighted by Gasteiger charge is 2.17. The molecule has 2 N–H and O–H groups in total.